The van der Waals surface area contributed by atoms with Gasteiger partial charge in [-0.3, -0.25) is 4.98 Å². The van der Waals surface area contributed by atoms with Crippen LogP contribution in [0.2, 0.25) is 0 Å². The lowest BCUT2D eigenvalue weighted by Gasteiger charge is -2.44. The van der Waals surface area contributed by atoms with Crippen molar-refractivity contribution in [2.45, 2.75) is 0 Å². The first kappa shape index (κ1) is 44.2. The zero-order valence-electron chi connectivity index (χ0n) is 27.4. The van der Waals surface area contributed by atoms with Gasteiger partial charge >= 0.3 is 0 Å². The Morgan fingerprint density at radius 2 is 0.576 bits per heavy atom. The molecule has 0 aliphatic rings. The lowest BCUT2D eigenvalue weighted by Crippen LogP contribution is -2.81. The molecule has 0 aliphatic heterocycles. The van der Waals surface area contributed by atoms with Gasteiger partial charge in [0, 0.05) is 9.20 Å². The van der Waals surface area contributed by atoms with Crippen LogP contribution in [0, 0.1) is 116 Å². The Kier molecular flexibility index (Phi) is 12.3. The van der Waals surface area contributed by atoms with Gasteiger partial charge in [-0.25, -0.2) is 92.6 Å². The largest absolute Gasteiger partial charge is 0.252 e. The van der Waals surface area contributed by atoms with Crippen molar-refractivity contribution in [3.05, 3.63) is 170 Å². The molecule has 0 atom stereocenters. The molecule has 0 saturated heterocycles. The minimum atomic E-state index is -7.22. The summed E-state index contributed by atoms with van der Waals surface area (Å²) >= 11 is 3.36. The molecule has 5 aromatic carbocycles. The Morgan fingerprint density at radius 3 is 0.814 bits per heavy atom. The highest BCUT2D eigenvalue weighted by molar-refractivity contribution is 9.10. The lowest BCUT2D eigenvalue weighted by atomic mass is 9.12. The van der Waals surface area contributed by atoms with E-state index < -0.39 is 144 Å². The van der Waals surface area contributed by atoms with Crippen LogP contribution >= 0.6 is 15.9 Å². The molecule has 3 nitrogen and oxygen atoms in total. The van der Waals surface area contributed by atoms with Crippen molar-refractivity contribution < 1.29 is 97.4 Å². The van der Waals surface area contributed by atoms with Gasteiger partial charge in [0.2, 0.25) is 18.1 Å². The predicted molar refractivity (Wildman–Crippen MR) is 164 cm³/mol. The maximum absolute atomic E-state index is 15.4. The molecule has 25 heteroatoms. The second-order valence-corrected chi connectivity index (χ2v) is 12.4. The van der Waals surface area contributed by atoms with E-state index in [1.165, 1.54) is 0 Å². The molecule has 0 fully saturated rings. The number of aromatic nitrogens is 2. The molecule has 0 spiro atoms. The van der Waals surface area contributed by atoms with Crippen LogP contribution < -0.4 is 31.4 Å². The van der Waals surface area contributed by atoms with Crippen LogP contribution in [0.25, 0.3) is 0 Å². The van der Waals surface area contributed by atoms with E-state index in [9.17, 15) is 52.7 Å². The van der Waals surface area contributed by atoms with E-state index in [4.69, 9.17) is 4.84 Å². The average Bonchev–Trinajstić information content (AvgIpc) is 3.22. The van der Waals surface area contributed by atoms with E-state index >= 15 is 35.1 Å². The number of benzene rings is 5. The van der Waals surface area contributed by atoms with Crippen LogP contribution in [0.15, 0.2) is 53.5 Å². The van der Waals surface area contributed by atoms with Gasteiger partial charge in [0.1, 0.15) is 52.7 Å². The van der Waals surface area contributed by atoms with Gasteiger partial charge in [0.05, 0.1) is 12.4 Å². The summed E-state index contributed by atoms with van der Waals surface area (Å²) in [5.41, 5.74) is -14.3. The molecular formula is C34H8BBrF20N2O. The van der Waals surface area contributed by atoms with Crippen molar-refractivity contribution in [1.29, 1.82) is 0 Å². The van der Waals surface area contributed by atoms with E-state index in [0.717, 1.165) is 10.2 Å². The molecule has 59 heavy (non-hydrogen) atoms. The summed E-state index contributed by atoms with van der Waals surface area (Å²) in [6, 6.07) is 7.63. The van der Waals surface area contributed by atoms with Crippen LogP contribution in [0.1, 0.15) is 0 Å². The van der Waals surface area contributed by atoms with Crippen LogP contribution in [0.4, 0.5) is 87.8 Å². The van der Waals surface area contributed by atoms with E-state index in [0.29, 0.717) is 0 Å². The molecule has 0 radical (unpaired) electrons. The smallest absolute Gasteiger partial charge is 0.241 e. The molecule has 310 valence electrons. The Hall–Kier alpha value is -5.88. The Morgan fingerprint density at radius 1 is 0.356 bits per heavy atom. The molecule has 6 rings (SSSR count). The molecule has 0 amide bonds. The lowest BCUT2D eigenvalue weighted by molar-refractivity contribution is -0.875. The highest BCUT2D eigenvalue weighted by Gasteiger charge is 2.52. The number of rotatable bonds is 6. The second kappa shape index (κ2) is 16.4. The average molecular weight is 931 g/mol. The van der Waals surface area contributed by atoms with Crippen molar-refractivity contribution in [3.63, 3.8) is 0 Å². The molecule has 1 heterocycles. The van der Waals surface area contributed by atoms with Crippen molar-refractivity contribution in [2.24, 2.45) is 0 Å². The van der Waals surface area contributed by atoms with Crippen molar-refractivity contribution in [2.75, 3.05) is 0 Å². The second-order valence-electron chi connectivity index (χ2n) is 11.5. The topological polar surface area (TPSA) is 26.0 Å². The van der Waals surface area contributed by atoms with Gasteiger partial charge in [0.25, 0.3) is 0 Å². The predicted octanol–water partition coefficient (Wildman–Crippen LogP) is 7.82. The van der Waals surface area contributed by atoms with Gasteiger partial charge < -0.3 is 0 Å². The summed E-state index contributed by atoms with van der Waals surface area (Å²) < 4.78 is 297. The van der Waals surface area contributed by atoms with E-state index in [2.05, 4.69) is 20.9 Å². The molecule has 0 aliphatic carbocycles. The molecular weight excluding hydrogens is 923 g/mol. The first-order valence-corrected chi connectivity index (χ1v) is 15.8. The first-order chi connectivity index (χ1) is 27.5. The van der Waals surface area contributed by atoms with Gasteiger partial charge in [-0.2, -0.15) is 0 Å². The van der Waals surface area contributed by atoms with E-state index in [1.807, 2.05) is 24.3 Å². The summed E-state index contributed by atoms with van der Waals surface area (Å²) in [7, 11) is 0. The highest BCUT2D eigenvalue weighted by Crippen LogP contribution is 2.30. The third kappa shape index (κ3) is 7.07. The number of halogens is 21. The number of nitrogens with zero attached hydrogens (tertiary/aromatic N) is 2. The zero-order valence-corrected chi connectivity index (χ0v) is 29.0. The number of hydrogen-bond donors (Lipinski definition) is 0. The minimum Gasteiger partial charge on any atom is -0.252 e. The fraction of sp³-hybridized carbons (Fsp3) is 0. The fourth-order valence-electron chi connectivity index (χ4n) is 5.86. The van der Waals surface area contributed by atoms with Crippen molar-refractivity contribution in [3.8, 4) is 5.75 Å². The van der Waals surface area contributed by atoms with E-state index in [1.54, 1.807) is 29.5 Å². The molecule has 6 aromatic rings. The highest BCUT2D eigenvalue weighted by atomic mass is 79.9. The minimum absolute atomic E-state index is 0.782. The van der Waals surface area contributed by atoms with Crippen LogP contribution in [0.3, 0.4) is 0 Å². The maximum atomic E-state index is 15.4. The van der Waals surface area contributed by atoms with Crippen molar-refractivity contribution in [1.82, 2.24) is 4.98 Å². The molecule has 1 aromatic heterocycles. The third-order valence-corrected chi connectivity index (χ3v) is 8.86. The first-order valence-electron chi connectivity index (χ1n) is 15.0. The van der Waals surface area contributed by atoms with Gasteiger partial charge in [-0.05, 0) is 24.3 Å². The Labute approximate surface area is 321 Å². The summed E-state index contributed by atoms with van der Waals surface area (Å²) in [5.74, 6) is -70.6. The van der Waals surface area contributed by atoms with Crippen LogP contribution in [0.5, 0.6) is 5.75 Å². The summed E-state index contributed by atoms with van der Waals surface area (Å²) in [4.78, 5) is 9.38. The standard InChI is InChI=1S/C24BF20.C10H8BrN2O/c26-5-1(6(27)14(35)21(42)13(5)34)25(2-7(28)15(36)22(43)16(37)8(2)29,3-9(30)17(38)23(44)18(39)10(3)31)4-11(32)19(40)24(45)20(41)12(4)33;11-9-1-3-10(4-2-9)14-13-7-5-12-6-8-13/h;1-8H/q-1;+1. The van der Waals surface area contributed by atoms with Crippen molar-refractivity contribution >= 4 is 43.9 Å². The van der Waals surface area contributed by atoms with Crippen LogP contribution in [-0.2, 0) is 0 Å². The molecule has 0 N–H and O–H groups in total. The van der Waals surface area contributed by atoms with Gasteiger partial charge in [-0.15, -0.1) is 21.9 Å². The molecule has 0 bridgehead atoms. The monoisotopic (exact) mass is 930 g/mol. The van der Waals surface area contributed by atoms with E-state index in [-0.39, 0.29) is 0 Å². The Balaban J connectivity index is 0.000000395. The molecule has 0 unspecified atom stereocenters. The fourth-order valence-corrected chi connectivity index (χ4v) is 6.12. The maximum Gasteiger partial charge on any atom is 0.241 e. The zero-order chi connectivity index (χ0) is 44.2. The van der Waals surface area contributed by atoms with Crippen LogP contribution in [-0.4, -0.2) is 11.1 Å². The summed E-state index contributed by atoms with van der Waals surface area (Å²) in [6.45, 7) is 0. The quantitative estimate of drug-likeness (QED) is 0.0561. The Bertz CT molecular complexity index is 2270. The summed E-state index contributed by atoms with van der Waals surface area (Å²) in [5, 5.41) is 0. The number of hydrogen-bond acceptors (Lipinski definition) is 2. The third-order valence-electron chi connectivity index (χ3n) is 8.33. The van der Waals surface area contributed by atoms with Gasteiger partial charge in [-0.1, -0.05) is 15.9 Å². The SMILES string of the molecule is Brc1ccc(O[n+]2ccncc2)cc1.Fc1c(F)c(F)c([B-](c2c(F)c(F)c(F)c(F)c2F)(c2c(F)c(F)c(F)c(F)c2F)c2c(F)c(F)c(F)c(F)c2F)c(F)c1F. The summed E-state index contributed by atoms with van der Waals surface area (Å²) in [6.07, 6.45) is -0.410. The normalized spacial score (nSPS) is 11.5. The van der Waals surface area contributed by atoms with Gasteiger partial charge in [0.15, 0.2) is 69.8 Å². The molecule has 0 saturated carbocycles.